The van der Waals surface area contributed by atoms with E-state index in [9.17, 15) is 9.59 Å². The summed E-state index contributed by atoms with van der Waals surface area (Å²) in [6, 6.07) is 13.4. The van der Waals surface area contributed by atoms with Crippen LogP contribution in [0.15, 0.2) is 59.1 Å². The number of nitrogens with one attached hydrogen (secondary N) is 2. The maximum absolute atomic E-state index is 12.6. The number of benzene rings is 1. The Bertz CT molecular complexity index is 890. The number of urea groups is 1. The Labute approximate surface area is 173 Å². The molecule has 4 rings (SSSR count). The SMILES string of the molecule is COC(=O)C1=C(CN2CCN(c3ccccc3)CC2)NC(=O)N[C@H]1c1cccs1. The van der Waals surface area contributed by atoms with Gasteiger partial charge in [0.1, 0.15) is 0 Å². The van der Waals surface area contributed by atoms with Crippen molar-refractivity contribution in [2.75, 3.05) is 44.7 Å². The molecule has 7 nitrogen and oxygen atoms in total. The molecular weight excluding hydrogens is 388 g/mol. The van der Waals surface area contributed by atoms with E-state index < -0.39 is 12.0 Å². The Morgan fingerprint density at radius 3 is 2.55 bits per heavy atom. The highest BCUT2D eigenvalue weighted by Crippen LogP contribution is 2.31. The molecule has 1 aromatic carbocycles. The van der Waals surface area contributed by atoms with Crippen molar-refractivity contribution in [2.45, 2.75) is 6.04 Å². The van der Waals surface area contributed by atoms with Crippen LogP contribution < -0.4 is 15.5 Å². The number of carbonyl (C=O) groups is 2. The van der Waals surface area contributed by atoms with E-state index in [2.05, 4.69) is 32.6 Å². The molecule has 2 N–H and O–H groups in total. The van der Waals surface area contributed by atoms with Gasteiger partial charge in [0, 0.05) is 49.0 Å². The Morgan fingerprint density at radius 2 is 1.90 bits per heavy atom. The molecule has 1 aromatic heterocycles. The number of para-hydroxylation sites is 1. The van der Waals surface area contributed by atoms with Crippen LogP contribution in [0.3, 0.4) is 0 Å². The molecule has 0 saturated carbocycles. The molecule has 0 unspecified atom stereocenters. The zero-order valence-electron chi connectivity index (χ0n) is 16.3. The number of hydrogen-bond acceptors (Lipinski definition) is 6. The molecule has 152 valence electrons. The minimum atomic E-state index is -0.489. The number of amides is 2. The third-order valence-corrected chi connectivity index (χ3v) is 6.20. The van der Waals surface area contributed by atoms with Crippen molar-refractivity contribution in [3.8, 4) is 0 Å². The first-order valence-electron chi connectivity index (χ1n) is 9.60. The second-order valence-corrected chi connectivity index (χ2v) is 8.01. The molecule has 0 spiro atoms. The third kappa shape index (κ3) is 4.28. The van der Waals surface area contributed by atoms with Crippen LogP contribution in [0.2, 0.25) is 0 Å². The highest BCUT2D eigenvalue weighted by atomic mass is 32.1. The lowest BCUT2D eigenvalue weighted by atomic mass is 10.0. The fourth-order valence-corrected chi connectivity index (χ4v) is 4.57. The summed E-state index contributed by atoms with van der Waals surface area (Å²) in [5, 5.41) is 7.63. The first-order valence-corrected chi connectivity index (χ1v) is 10.5. The second-order valence-electron chi connectivity index (χ2n) is 7.03. The van der Waals surface area contributed by atoms with Crippen LogP contribution >= 0.6 is 11.3 Å². The molecule has 2 amide bonds. The standard InChI is InChI=1S/C21H24N4O3S/c1-28-20(26)18-16(22-21(27)23-19(18)17-8-5-13-29-17)14-24-9-11-25(12-10-24)15-6-3-2-4-7-15/h2-8,13,19H,9-12,14H2,1H3,(H2,22,23,27)/t19-/m0/s1. The minimum absolute atomic E-state index is 0.297. The van der Waals surface area contributed by atoms with E-state index >= 15 is 0 Å². The lowest BCUT2D eigenvalue weighted by molar-refractivity contribution is -0.136. The molecule has 1 fully saturated rings. The number of rotatable bonds is 5. The van der Waals surface area contributed by atoms with Gasteiger partial charge in [-0.3, -0.25) is 4.90 Å². The third-order valence-electron chi connectivity index (χ3n) is 5.26. The van der Waals surface area contributed by atoms with E-state index in [4.69, 9.17) is 4.74 Å². The van der Waals surface area contributed by atoms with Gasteiger partial charge in [-0.15, -0.1) is 11.3 Å². The monoisotopic (exact) mass is 412 g/mol. The number of esters is 1. The van der Waals surface area contributed by atoms with Gasteiger partial charge in [-0.2, -0.15) is 0 Å². The molecule has 0 bridgehead atoms. The summed E-state index contributed by atoms with van der Waals surface area (Å²) in [6.45, 7) is 3.98. The van der Waals surface area contributed by atoms with Gasteiger partial charge in [-0.1, -0.05) is 24.3 Å². The van der Waals surface area contributed by atoms with Gasteiger partial charge in [-0.05, 0) is 23.6 Å². The average molecular weight is 413 g/mol. The van der Waals surface area contributed by atoms with E-state index in [1.807, 2.05) is 35.7 Å². The minimum Gasteiger partial charge on any atom is -0.466 e. The fraction of sp³-hybridized carbons (Fsp3) is 0.333. The summed E-state index contributed by atoms with van der Waals surface area (Å²) in [5.41, 5.74) is 2.31. The zero-order valence-corrected chi connectivity index (χ0v) is 17.1. The lowest BCUT2D eigenvalue weighted by Gasteiger charge is -2.37. The Balaban J connectivity index is 1.52. The van der Waals surface area contributed by atoms with Gasteiger partial charge in [0.2, 0.25) is 0 Å². The van der Waals surface area contributed by atoms with Crippen LogP contribution in [0.5, 0.6) is 0 Å². The molecule has 29 heavy (non-hydrogen) atoms. The largest absolute Gasteiger partial charge is 0.466 e. The quantitative estimate of drug-likeness (QED) is 0.738. The maximum Gasteiger partial charge on any atom is 0.338 e. The van der Waals surface area contributed by atoms with Crippen LogP contribution in [0.25, 0.3) is 0 Å². The smallest absolute Gasteiger partial charge is 0.338 e. The average Bonchev–Trinajstić information content (AvgIpc) is 3.29. The van der Waals surface area contributed by atoms with Crippen molar-refractivity contribution in [3.05, 3.63) is 64.0 Å². The van der Waals surface area contributed by atoms with Gasteiger partial charge < -0.3 is 20.3 Å². The summed E-state index contributed by atoms with van der Waals surface area (Å²) in [7, 11) is 1.37. The summed E-state index contributed by atoms with van der Waals surface area (Å²) in [5.74, 6) is -0.422. The first kappa shape index (κ1) is 19.5. The molecule has 2 aromatic rings. The summed E-state index contributed by atoms with van der Waals surface area (Å²) < 4.78 is 5.04. The van der Waals surface area contributed by atoms with E-state index in [0.29, 0.717) is 17.8 Å². The van der Waals surface area contributed by atoms with E-state index in [1.54, 1.807) is 0 Å². The van der Waals surface area contributed by atoms with Crippen LogP contribution in [0.1, 0.15) is 10.9 Å². The Morgan fingerprint density at radius 1 is 1.14 bits per heavy atom. The molecule has 8 heteroatoms. The molecule has 2 aliphatic rings. The summed E-state index contributed by atoms with van der Waals surface area (Å²) in [6.07, 6.45) is 0. The van der Waals surface area contributed by atoms with Crippen molar-refractivity contribution in [2.24, 2.45) is 0 Å². The fourth-order valence-electron chi connectivity index (χ4n) is 3.79. The summed E-state index contributed by atoms with van der Waals surface area (Å²) in [4.78, 5) is 30.4. The van der Waals surface area contributed by atoms with Gasteiger partial charge in [0.15, 0.2) is 0 Å². The van der Waals surface area contributed by atoms with Crippen molar-refractivity contribution in [3.63, 3.8) is 0 Å². The predicted molar refractivity (Wildman–Crippen MR) is 113 cm³/mol. The number of piperazine rings is 1. The van der Waals surface area contributed by atoms with Crippen LogP contribution in [0, 0.1) is 0 Å². The molecule has 2 aliphatic heterocycles. The number of thiophene rings is 1. The molecular formula is C21H24N4O3S. The number of hydrogen-bond donors (Lipinski definition) is 2. The number of nitrogens with zero attached hydrogens (tertiary/aromatic N) is 2. The zero-order chi connectivity index (χ0) is 20.2. The van der Waals surface area contributed by atoms with E-state index in [1.165, 1.54) is 24.1 Å². The van der Waals surface area contributed by atoms with Crippen LogP contribution in [-0.4, -0.2) is 56.7 Å². The van der Waals surface area contributed by atoms with Gasteiger partial charge >= 0.3 is 12.0 Å². The number of ether oxygens (including phenoxy) is 1. The first-order chi connectivity index (χ1) is 14.2. The van der Waals surface area contributed by atoms with Gasteiger partial charge in [0.05, 0.1) is 18.7 Å². The topological polar surface area (TPSA) is 73.9 Å². The molecule has 0 aliphatic carbocycles. The highest BCUT2D eigenvalue weighted by molar-refractivity contribution is 7.10. The molecule has 0 radical (unpaired) electrons. The lowest BCUT2D eigenvalue weighted by Crippen LogP contribution is -2.51. The number of anilines is 1. The van der Waals surface area contributed by atoms with Gasteiger partial charge in [-0.25, -0.2) is 9.59 Å². The Hall–Kier alpha value is -2.84. The van der Waals surface area contributed by atoms with E-state index in [-0.39, 0.29) is 6.03 Å². The molecule has 1 saturated heterocycles. The van der Waals surface area contributed by atoms with Crippen molar-refractivity contribution >= 4 is 29.0 Å². The van der Waals surface area contributed by atoms with Crippen LogP contribution in [-0.2, 0) is 9.53 Å². The molecule has 3 heterocycles. The number of carbonyl (C=O) groups excluding carboxylic acids is 2. The van der Waals surface area contributed by atoms with Gasteiger partial charge in [0.25, 0.3) is 0 Å². The van der Waals surface area contributed by atoms with Crippen molar-refractivity contribution < 1.29 is 14.3 Å². The number of methoxy groups -OCH3 is 1. The Kier molecular flexibility index (Phi) is 5.82. The molecule has 1 atom stereocenters. The second kappa shape index (κ2) is 8.67. The van der Waals surface area contributed by atoms with Crippen molar-refractivity contribution in [1.29, 1.82) is 0 Å². The van der Waals surface area contributed by atoms with Crippen molar-refractivity contribution in [1.82, 2.24) is 15.5 Å². The normalized spacial score (nSPS) is 20.2. The summed E-state index contributed by atoms with van der Waals surface area (Å²) >= 11 is 1.50. The van der Waals surface area contributed by atoms with E-state index in [0.717, 1.165) is 31.1 Å². The highest BCUT2D eigenvalue weighted by Gasteiger charge is 2.34. The van der Waals surface area contributed by atoms with Crippen LogP contribution in [0.4, 0.5) is 10.5 Å². The predicted octanol–water partition coefficient (Wildman–Crippen LogP) is 2.35. The maximum atomic E-state index is 12.6.